The molecule has 1 aromatic heterocycles. The van der Waals surface area contributed by atoms with E-state index in [0.29, 0.717) is 11.1 Å². The number of aliphatic imine (C=N–C) groups is 1. The molecule has 208 valence electrons. The van der Waals surface area contributed by atoms with Crippen LogP contribution >= 0.6 is 0 Å². The van der Waals surface area contributed by atoms with Gasteiger partial charge in [0.2, 0.25) is 11.8 Å². The second-order valence-electron chi connectivity index (χ2n) is 11.8. The van der Waals surface area contributed by atoms with Crippen molar-refractivity contribution >= 4 is 17.8 Å². The lowest BCUT2D eigenvalue weighted by molar-refractivity contribution is -0.201. The van der Waals surface area contributed by atoms with E-state index in [1.807, 2.05) is 33.8 Å². The van der Waals surface area contributed by atoms with Crippen molar-refractivity contribution in [2.45, 2.75) is 70.4 Å². The molecule has 39 heavy (non-hydrogen) atoms. The van der Waals surface area contributed by atoms with Crippen molar-refractivity contribution < 1.29 is 27.5 Å². The van der Waals surface area contributed by atoms with E-state index >= 15 is 0 Å². The van der Waals surface area contributed by atoms with Crippen LogP contribution in [0.25, 0.3) is 0 Å². The van der Waals surface area contributed by atoms with Gasteiger partial charge in [0.25, 0.3) is 0 Å². The van der Waals surface area contributed by atoms with E-state index in [9.17, 15) is 22.8 Å². The Morgan fingerprint density at radius 3 is 2.54 bits per heavy atom. The summed E-state index contributed by atoms with van der Waals surface area (Å²) in [5.74, 6) is -1.41. The number of para-hydroxylation sites is 1. The van der Waals surface area contributed by atoms with E-state index in [1.165, 1.54) is 11.0 Å². The van der Waals surface area contributed by atoms with E-state index in [2.05, 4.69) is 15.3 Å². The molecular formula is C28H32F3N5O3. The molecule has 0 bridgehead atoms. The van der Waals surface area contributed by atoms with Crippen LogP contribution in [0.15, 0.2) is 53.8 Å². The second kappa shape index (κ2) is 9.24. The minimum absolute atomic E-state index is 0.0679. The van der Waals surface area contributed by atoms with Crippen LogP contribution in [0.1, 0.15) is 63.7 Å². The van der Waals surface area contributed by atoms with Crippen LogP contribution in [0.2, 0.25) is 0 Å². The van der Waals surface area contributed by atoms with Crippen LogP contribution < -0.4 is 15.8 Å². The number of ether oxygens (including phenoxy) is 1. The Labute approximate surface area is 224 Å². The molecule has 1 aliphatic carbocycles. The highest BCUT2D eigenvalue weighted by Crippen LogP contribution is 2.65. The number of fused-ring (bicyclic) bond motifs is 1. The molecule has 0 unspecified atom stereocenters. The van der Waals surface area contributed by atoms with Gasteiger partial charge < -0.3 is 15.8 Å². The first-order valence-corrected chi connectivity index (χ1v) is 12.9. The van der Waals surface area contributed by atoms with Crippen molar-refractivity contribution in [2.75, 3.05) is 0 Å². The van der Waals surface area contributed by atoms with Gasteiger partial charge in [0.05, 0.1) is 24.0 Å². The number of amides is 2. The number of carbonyl (C=O) groups excluding carboxylic acids is 2. The molecule has 5 rings (SSSR count). The Bertz CT molecular complexity index is 1310. The van der Waals surface area contributed by atoms with Gasteiger partial charge in [0.15, 0.2) is 12.1 Å². The Balaban J connectivity index is 1.46. The van der Waals surface area contributed by atoms with Gasteiger partial charge in [-0.1, -0.05) is 38.1 Å². The summed E-state index contributed by atoms with van der Waals surface area (Å²) in [7, 11) is 0. The van der Waals surface area contributed by atoms with Gasteiger partial charge >= 0.3 is 6.18 Å². The minimum atomic E-state index is -4.58. The molecule has 5 atom stereocenters. The summed E-state index contributed by atoms with van der Waals surface area (Å²) in [5.41, 5.74) is 6.28. The van der Waals surface area contributed by atoms with Crippen molar-refractivity contribution in [3.05, 3.63) is 59.9 Å². The van der Waals surface area contributed by atoms with Crippen LogP contribution in [0.3, 0.4) is 0 Å². The second-order valence-corrected chi connectivity index (χ2v) is 11.8. The van der Waals surface area contributed by atoms with E-state index in [1.54, 1.807) is 36.7 Å². The highest BCUT2D eigenvalue weighted by Gasteiger charge is 2.67. The minimum Gasteiger partial charge on any atom is -0.480 e. The predicted molar refractivity (Wildman–Crippen MR) is 137 cm³/mol. The number of hydrogen-bond acceptors (Lipinski definition) is 6. The quantitative estimate of drug-likeness (QED) is 0.585. The first kappa shape index (κ1) is 27.0. The van der Waals surface area contributed by atoms with Gasteiger partial charge in [0.1, 0.15) is 5.75 Å². The van der Waals surface area contributed by atoms with Crippen LogP contribution in [-0.4, -0.2) is 45.5 Å². The molecule has 1 aromatic carbocycles. The third-order valence-electron chi connectivity index (χ3n) is 8.05. The number of nitrogens with one attached hydrogen (secondary N) is 1. The number of rotatable bonds is 5. The summed E-state index contributed by atoms with van der Waals surface area (Å²) in [4.78, 5) is 37.3. The molecule has 2 amide bonds. The average molecular weight is 544 g/mol. The smallest absolute Gasteiger partial charge is 0.425 e. The maximum Gasteiger partial charge on any atom is 0.425 e. The Morgan fingerprint density at radius 2 is 1.90 bits per heavy atom. The molecule has 3 N–H and O–H groups in total. The number of nitrogens with two attached hydrogens (primary N) is 1. The summed E-state index contributed by atoms with van der Waals surface area (Å²) in [6.07, 6.45) is -3.66. The summed E-state index contributed by atoms with van der Waals surface area (Å²) < 4.78 is 46.1. The number of alkyl halides is 3. The number of guanidine groups is 1. The summed E-state index contributed by atoms with van der Waals surface area (Å²) in [6.45, 7) is 7.47. The molecular weight excluding hydrogens is 511 g/mol. The predicted octanol–water partition coefficient (Wildman–Crippen LogP) is 4.29. The van der Waals surface area contributed by atoms with Gasteiger partial charge in [0, 0.05) is 36.2 Å². The van der Waals surface area contributed by atoms with E-state index in [4.69, 9.17) is 10.5 Å². The first-order valence-electron chi connectivity index (χ1n) is 12.9. The monoisotopic (exact) mass is 543 g/mol. The SMILES string of the molecule is CC1(C)CC(=O)N([C@H](c2cccnc2)[C@@H]2[C@@H](C(=O)N[C@H]3C[C@H](C(F)(F)F)Oc4ccccc43)C2(C)C)C(N)=N1. The third kappa shape index (κ3) is 4.94. The Kier molecular flexibility index (Phi) is 6.38. The number of hydrogen-bond donors (Lipinski definition) is 2. The standard InChI is InChI=1S/C28H32F3N5O3/c1-26(2)13-20(37)36(25(32)35-26)23(15-8-7-11-33-14-15)21-22(27(21,3)4)24(38)34-17-12-19(28(29,30)31)39-18-10-6-5-9-16(17)18/h5-11,14,17,19,21-23H,12-13H2,1-4H3,(H2,32,35)(H,34,38)/t17-,19+,21-,22-,23+/m0/s1. The highest BCUT2D eigenvalue weighted by molar-refractivity contribution is 5.99. The van der Waals surface area contributed by atoms with Crippen molar-refractivity contribution in [3.8, 4) is 5.75 Å². The lowest BCUT2D eigenvalue weighted by atomic mass is 9.93. The number of nitrogens with zero attached hydrogens (tertiary/aromatic N) is 3. The number of pyridine rings is 1. The van der Waals surface area contributed by atoms with E-state index in [-0.39, 0.29) is 35.9 Å². The van der Waals surface area contributed by atoms with Crippen LogP contribution in [0.5, 0.6) is 5.75 Å². The maximum absolute atomic E-state index is 13.7. The van der Waals surface area contributed by atoms with Crippen LogP contribution in [-0.2, 0) is 9.59 Å². The summed E-state index contributed by atoms with van der Waals surface area (Å²) in [6, 6.07) is 8.49. The molecule has 0 saturated heterocycles. The zero-order valence-corrected chi connectivity index (χ0v) is 22.2. The van der Waals surface area contributed by atoms with Gasteiger partial charge in [-0.25, -0.2) is 4.99 Å². The van der Waals surface area contributed by atoms with Crippen molar-refractivity contribution in [1.29, 1.82) is 0 Å². The number of carbonyl (C=O) groups is 2. The lowest BCUT2D eigenvalue weighted by Crippen LogP contribution is -2.52. The maximum atomic E-state index is 13.7. The van der Waals surface area contributed by atoms with Crippen molar-refractivity contribution in [1.82, 2.24) is 15.2 Å². The van der Waals surface area contributed by atoms with Crippen molar-refractivity contribution in [2.24, 2.45) is 28.0 Å². The number of benzene rings is 1. The fourth-order valence-electron chi connectivity index (χ4n) is 6.14. The van der Waals surface area contributed by atoms with Crippen LogP contribution in [0.4, 0.5) is 13.2 Å². The largest absolute Gasteiger partial charge is 0.480 e. The van der Waals surface area contributed by atoms with E-state index in [0.717, 1.165) is 0 Å². The molecule has 0 spiro atoms. The normalized spacial score (nSPS) is 28.0. The van der Waals surface area contributed by atoms with Gasteiger partial charge in [-0.15, -0.1) is 0 Å². The number of halogens is 3. The van der Waals surface area contributed by atoms with Crippen molar-refractivity contribution in [3.63, 3.8) is 0 Å². The molecule has 2 aliphatic heterocycles. The molecule has 3 heterocycles. The van der Waals surface area contributed by atoms with Crippen LogP contribution in [0, 0.1) is 17.3 Å². The molecule has 2 aromatic rings. The van der Waals surface area contributed by atoms with Gasteiger partial charge in [-0.2, -0.15) is 13.2 Å². The number of aromatic nitrogens is 1. The van der Waals surface area contributed by atoms with Gasteiger partial charge in [-0.3, -0.25) is 19.5 Å². The summed E-state index contributed by atoms with van der Waals surface area (Å²) >= 11 is 0. The Hall–Kier alpha value is -3.63. The lowest BCUT2D eigenvalue weighted by Gasteiger charge is -2.38. The van der Waals surface area contributed by atoms with E-state index < -0.39 is 47.7 Å². The first-order chi connectivity index (χ1) is 18.2. The molecule has 1 fully saturated rings. The fourth-order valence-corrected chi connectivity index (χ4v) is 6.14. The molecule has 8 nitrogen and oxygen atoms in total. The highest BCUT2D eigenvalue weighted by atomic mass is 19.4. The third-order valence-corrected chi connectivity index (χ3v) is 8.05. The molecule has 3 aliphatic rings. The molecule has 0 radical (unpaired) electrons. The zero-order chi connectivity index (χ0) is 28.3. The fraction of sp³-hybridized carbons (Fsp3) is 0.500. The Morgan fingerprint density at radius 1 is 1.18 bits per heavy atom. The zero-order valence-electron chi connectivity index (χ0n) is 22.2. The topological polar surface area (TPSA) is 110 Å². The molecule has 11 heteroatoms. The average Bonchev–Trinajstić information content (AvgIpc) is 3.41. The molecule has 1 saturated carbocycles. The summed E-state index contributed by atoms with van der Waals surface area (Å²) in [5, 5.41) is 2.87. The van der Waals surface area contributed by atoms with Gasteiger partial charge in [-0.05, 0) is 37.0 Å².